The van der Waals surface area contributed by atoms with Crippen molar-refractivity contribution in [3.8, 4) is 11.5 Å². The van der Waals surface area contributed by atoms with Crippen LogP contribution in [0.5, 0.6) is 11.5 Å². The molecule has 0 unspecified atom stereocenters. The summed E-state index contributed by atoms with van der Waals surface area (Å²) in [6.07, 6.45) is 0.278. The highest BCUT2D eigenvalue weighted by Gasteiger charge is 2.52. The number of hydrogen-bond acceptors (Lipinski definition) is 5. The second-order valence-electron chi connectivity index (χ2n) is 8.98. The maximum Gasteiger partial charge on any atom is 0.325 e. The molecule has 8 heteroatoms. The van der Waals surface area contributed by atoms with E-state index >= 15 is 0 Å². The number of rotatable bonds is 7. The standard InChI is InChI=1S/C28H27N3O5/c1-30(18-21-12-13-23-24(16-21)36-15-14-35-23)25(32)19-31-26(33)28(29-27(31)34,22-10-6-3-7-11-22)17-20-8-4-2-5-9-20/h2-13,16H,14-15,17-19H2,1H3,(H,29,34)/t28-/m0/s1. The molecule has 0 spiro atoms. The lowest BCUT2D eigenvalue weighted by molar-refractivity contribution is -0.138. The molecular weight excluding hydrogens is 458 g/mol. The van der Waals surface area contributed by atoms with E-state index in [9.17, 15) is 14.4 Å². The Labute approximate surface area is 209 Å². The van der Waals surface area contributed by atoms with Gasteiger partial charge in [-0.1, -0.05) is 66.7 Å². The number of likely N-dealkylation sites (N-methyl/N-ethyl adjacent to an activating group) is 1. The summed E-state index contributed by atoms with van der Waals surface area (Å²) in [5.74, 6) is 0.525. The lowest BCUT2D eigenvalue weighted by atomic mass is 9.83. The Hall–Kier alpha value is -4.33. The predicted octanol–water partition coefficient (Wildman–Crippen LogP) is 3.11. The SMILES string of the molecule is CN(Cc1ccc2c(c1)OCCO2)C(=O)CN1C(=O)N[C@@](Cc2ccccc2)(c2ccccc2)C1=O. The monoisotopic (exact) mass is 485 g/mol. The fourth-order valence-electron chi connectivity index (χ4n) is 4.62. The largest absolute Gasteiger partial charge is 0.486 e. The number of amides is 4. The van der Waals surface area contributed by atoms with Crippen LogP contribution in [0, 0.1) is 0 Å². The third-order valence-corrected chi connectivity index (χ3v) is 6.50. The fraction of sp³-hybridized carbons (Fsp3) is 0.250. The van der Waals surface area contributed by atoms with Crippen molar-refractivity contribution in [3.63, 3.8) is 0 Å². The van der Waals surface area contributed by atoms with Gasteiger partial charge in [-0.25, -0.2) is 4.79 Å². The van der Waals surface area contributed by atoms with Crippen molar-refractivity contribution in [1.82, 2.24) is 15.1 Å². The van der Waals surface area contributed by atoms with E-state index in [-0.39, 0.29) is 18.9 Å². The molecule has 2 heterocycles. The van der Waals surface area contributed by atoms with Crippen LogP contribution in [0.3, 0.4) is 0 Å². The molecule has 2 aliphatic heterocycles. The molecule has 1 fully saturated rings. The quantitative estimate of drug-likeness (QED) is 0.520. The molecule has 8 nitrogen and oxygen atoms in total. The summed E-state index contributed by atoms with van der Waals surface area (Å²) in [7, 11) is 1.64. The van der Waals surface area contributed by atoms with Gasteiger partial charge in [0.15, 0.2) is 17.0 Å². The Balaban J connectivity index is 1.34. The first-order chi connectivity index (χ1) is 17.5. The fourth-order valence-corrected chi connectivity index (χ4v) is 4.62. The lowest BCUT2D eigenvalue weighted by Crippen LogP contribution is -2.47. The number of nitrogens with one attached hydrogen (secondary N) is 1. The van der Waals surface area contributed by atoms with Gasteiger partial charge < -0.3 is 19.7 Å². The zero-order valence-corrected chi connectivity index (χ0v) is 20.0. The second-order valence-corrected chi connectivity index (χ2v) is 8.98. The molecule has 0 saturated carbocycles. The first-order valence-corrected chi connectivity index (χ1v) is 11.8. The van der Waals surface area contributed by atoms with Crippen molar-refractivity contribution in [2.45, 2.75) is 18.5 Å². The van der Waals surface area contributed by atoms with E-state index in [1.54, 1.807) is 7.05 Å². The summed E-state index contributed by atoms with van der Waals surface area (Å²) in [6, 6.07) is 23.6. The van der Waals surface area contributed by atoms with Crippen molar-refractivity contribution >= 4 is 17.8 Å². The zero-order valence-electron chi connectivity index (χ0n) is 20.0. The minimum absolute atomic E-state index is 0.278. The summed E-state index contributed by atoms with van der Waals surface area (Å²) >= 11 is 0. The third kappa shape index (κ3) is 4.49. The van der Waals surface area contributed by atoms with E-state index in [2.05, 4.69) is 5.32 Å². The van der Waals surface area contributed by atoms with Crippen LogP contribution >= 0.6 is 0 Å². The second kappa shape index (κ2) is 9.73. The Morgan fingerprint density at radius 2 is 1.58 bits per heavy atom. The predicted molar refractivity (Wildman–Crippen MR) is 132 cm³/mol. The van der Waals surface area contributed by atoms with Crippen LogP contribution in [-0.4, -0.2) is 54.5 Å². The topological polar surface area (TPSA) is 88.2 Å². The first-order valence-electron chi connectivity index (χ1n) is 11.8. The highest BCUT2D eigenvalue weighted by molar-refractivity contribution is 6.09. The highest BCUT2D eigenvalue weighted by atomic mass is 16.6. The summed E-state index contributed by atoms with van der Waals surface area (Å²) in [4.78, 5) is 42.4. The number of hydrogen-bond donors (Lipinski definition) is 1. The van der Waals surface area contributed by atoms with Gasteiger partial charge in [0.2, 0.25) is 5.91 Å². The number of fused-ring (bicyclic) bond motifs is 1. The lowest BCUT2D eigenvalue weighted by Gasteiger charge is -2.28. The van der Waals surface area contributed by atoms with Crippen LogP contribution in [-0.2, 0) is 28.1 Å². The molecule has 0 bridgehead atoms. The molecule has 5 rings (SSSR count). The molecule has 4 amide bonds. The molecule has 0 radical (unpaired) electrons. The number of carbonyl (C=O) groups excluding carboxylic acids is 3. The molecule has 0 aromatic heterocycles. The molecule has 184 valence electrons. The molecule has 1 atom stereocenters. The van der Waals surface area contributed by atoms with E-state index in [0.717, 1.165) is 16.0 Å². The molecule has 3 aromatic rings. The zero-order chi connectivity index (χ0) is 25.1. The minimum Gasteiger partial charge on any atom is -0.486 e. The Kier molecular flexibility index (Phi) is 6.33. The van der Waals surface area contributed by atoms with Gasteiger partial charge in [-0.2, -0.15) is 0 Å². The maximum absolute atomic E-state index is 13.8. The Bertz CT molecular complexity index is 1280. The van der Waals surface area contributed by atoms with Crippen molar-refractivity contribution < 1.29 is 23.9 Å². The molecule has 1 saturated heterocycles. The molecular formula is C28H27N3O5. The molecule has 36 heavy (non-hydrogen) atoms. The average Bonchev–Trinajstić information content (AvgIpc) is 3.14. The van der Waals surface area contributed by atoms with E-state index in [0.29, 0.717) is 36.8 Å². The van der Waals surface area contributed by atoms with Crippen LogP contribution in [0.1, 0.15) is 16.7 Å². The van der Waals surface area contributed by atoms with Crippen molar-refractivity contribution in [2.75, 3.05) is 26.8 Å². The van der Waals surface area contributed by atoms with Gasteiger partial charge in [0, 0.05) is 20.0 Å². The molecule has 2 aliphatic rings. The first kappa shape index (κ1) is 23.4. The van der Waals surface area contributed by atoms with E-state index in [1.807, 2.05) is 78.9 Å². The number of imide groups is 1. The van der Waals surface area contributed by atoms with Gasteiger partial charge in [-0.3, -0.25) is 14.5 Å². The van der Waals surface area contributed by atoms with E-state index < -0.39 is 17.5 Å². The molecule has 3 aromatic carbocycles. The Morgan fingerprint density at radius 1 is 0.917 bits per heavy atom. The normalized spacial score (nSPS) is 18.6. The van der Waals surface area contributed by atoms with Crippen LogP contribution in [0.25, 0.3) is 0 Å². The number of ether oxygens (including phenoxy) is 2. The van der Waals surface area contributed by atoms with Gasteiger partial charge >= 0.3 is 6.03 Å². The molecule has 1 N–H and O–H groups in total. The summed E-state index contributed by atoms with van der Waals surface area (Å²) < 4.78 is 11.2. The van der Waals surface area contributed by atoms with Gasteiger partial charge in [0.05, 0.1) is 0 Å². The Morgan fingerprint density at radius 3 is 2.31 bits per heavy atom. The van der Waals surface area contributed by atoms with Crippen molar-refractivity contribution in [2.24, 2.45) is 0 Å². The molecule has 0 aliphatic carbocycles. The van der Waals surface area contributed by atoms with Gasteiger partial charge in [0.25, 0.3) is 5.91 Å². The number of carbonyl (C=O) groups is 3. The van der Waals surface area contributed by atoms with Gasteiger partial charge in [-0.05, 0) is 28.8 Å². The highest BCUT2D eigenvalue weighted by Crippen LogP contribution is 2.33. The number of benzene rings is 3. The van der Waals surface area contributed by atoms with Gasteiger partial charge in [-0.15, -0.1) is 0 Å². The number of nitrogens with zero attached hydrogens (tertiary/aromatic N) is 2. The van der Waals surface area contributed by atoms with E-state index in [4.69, 9.17) is 9.47 Å². The van der Waals surface area contributed by atoms with Crippen molar-refractivity contribution in [1.29, 1.82) is 0 Å². The van der Waals surface area contributed by atoms with Crippen LogP contribution in [0.15, 0.2) is 78.9 Å². The summed E-state index contributed by atoms with van der Waals surface area (Å²) in [6.45, 7) is 0.928. The summed E-state index contributed by atoms with van der Waals surface area (Å²) in [5.41, 5.74) is 1.15. The van der Waals surface area contributed by atoms with E-state index in [1.165, 1.54) is 4.90 Å². The van der Waals surface area contributed by atoms with Gasteiger partial charge in [0.1, 0.15) is 19.8 Å². The minimum atomic E-state index is -1.28. The van der Waals surface area contributed by atoms with Crippen molar-refractivity contribution in [3.05, 3.63) is 95.6 Å². The maximum atomic E-state index is 13.8. The van der Waals surface area contributed by atoms with Crippen LogP contribution < -0.4 is 14.8 Å². The van der Waals surface area contributed by atoms with Crippen LogP contribution in [0.2, 0.25) is 0 Å². The van der Waals surface area contributed by atoms with Crippen LogP contribution in [0.4, 0.5) is 4.79 Å². The smallest absolute Gasteiger partial charge is 0.325 e. The number of urea groups is 1. The third-order valence-electron chi connectivity index (χ3n) is 6.50. The summed E-state index contributed by atoms with van der Waals surface area (Å²) in [5, 5.41) is 2.90. The average molecular weight is 486 g/mol.